The van der Waals surface area contributed by atoms with E-state index in [1.54, 1.807) is 27.9 Å². The van der Waals surface area contributed by atoms with Gasteiger partial charge in [-0.25, -0.2) is 14.1 Å². The molecule has 1 N–H and O–H groups in total. The van der Waals surface area contributed by atoms with E-state index in [0.29, 0.717) is 30.9 Å². The summed E-state index contributed by atoms with van der Waals surface area (Å²) in [4.78, 5) is 19.3. The number of benzene rings is 1. The molecule has 1 fully saturated rings. The number of amides is 1. The lowest BCUT2D eigenvalue weighted by Gasteiger charge is -2.35. The van der Waals surface area contributed by atoms with Crippen LogP contribution in [0.5, 0.6) is 0 Å². The predicted molar refractivity (Wildman–Crippen MR) is 110 cm³/mol. The quantitative estimate of drug-likeness (QED) is 0.709. The standard InChI is InChI=1S/C20H23FN6O.ClH/c1-13-10-14(2)27(24-13)17-5-4-15(11-16(17)21)20(28)26-9-6-22-12-18(26)19-23-7-8-25(19)3;/h4-5,7-8,10-11,18,22H,6,9,12H2,1-3H3;1H. The van der Waals surface area contributed by atoms with E-state index >= 15 is 0 Å². The average Bonchev–Trinajstić information content (AvgIpc) is 3.25. The molecular weight excluding hydrogens is 395 g/mol. The Morgan fingerprint density at radius 3 is 2.69 bits per heavy atom. The van der Waals surface area contributed by atoms with Crippen molar-refractivity contribution in [3.8, 4) is 5.69 Å². The van der Waals surface area contributed by atoms with Crippen molar-refractivity contribution in [1.82, 2.24) is 29.5 Å². The Kier molecular flexibility index (Phi) is 6.04. The number of imidazole rings is 1. The van der Waals surface area contributed by atoms with E-state index in [-0.39, 0.29) is 24.4 Å². The van der Waals surface area contributed by atoms with Crippen LogP contribution in [0, 0.1) is 19.7 Å². The molecule has 4 rings (SSSR count). The van der Waals surface area contributed by atoms with Crippen LogP contribution in [0.2, 0.25) is 0 Å². The second-order valence-electron chi connectivity index (χ2n) is 7.12. The molecule has 1 aromatic carbocycles. The van der Waals surface area contributed by atoms with E-state index in [4.69, 9.17) is 0 Å². The van der Waals surface area contributed by atoms with Crippen LogP contribution < -0.4 is 5.32 Å². The van der Waals surface area contributed by atoms with Gasteiger partial charge < -0.3 is 14.8 Å². The van der Waals surface area contributed by atoms with Gasteiger partial charge in [0.1, 0.15) is 23.4 Å². The highest BCUT2D eigenvalue weighted by Gasteiger charge is 2.31. The smallest absolute Gasteiger partial charge is 0.254 e. The zero-order chi connectivity index (χ0) is 19.8. The molecule has 1 amide bonds. The second kappa shape index (κ2) is 8.34. The first-order chi connectivity index (χ1) is 13.5. The van der Waals surface area contributed by atoms with Crippen molar-refractivity contribution in [2.24, 2.45) is 7.05 Å². The summed E-state index contributed by atoms with van der Waals surface area (Å²) in [6.45, 7) is 5.58. The van der Waals surface area contributed by atoms with Gasteiger partial charge in [0.15, 0.2) is 0 Å². The molecule has 0 aliphatic carbocycles. The maximum Gasteiger partial charge on any atom is 0.254 e. The lowest BCUT2D eigenvalue weighted by atomic mass is 10.1. The van der Waals surface area contributed by atoms with Gasteiger partial charge in [0, 0.05) is 50.3 Å². The zero-order valence-electron chi connectivity index (χ0n) is 16.6. The van der Waals surface area contributed by atoms with Crippen LogP contribution >= 0.6 is 12.4 Å². The predicted octanol–water partition coefficient (Wildman–Crippen LogP) is 2.57. The highest BCUT2D eigenvalue weighted by molar-refractivity contribution is 5.94. The minimum Gasteiger partial charge on any atom is -0.336 e. The van der Waals surface area contributed by atoms with Gasteiger partial charge in [-0.2, -0.15) is 5.10 Å². The van der Waals surface area contributed by atoms with Crippen molar-refractivity contribution in [1.29, 1.82) is 0 Å². The first-order valence-corrected chi connectivity index (χ1v) is 9.28. The zero-order valence-corrected chi connectivity index (χ0v) is 17.4. The van der Waals surface area contributed by atoms with Crippen molar-refractivity contribution < 1.29 is 9.18 Å². The molecule has 3 aromatic rings. The number of aryl methyl sites for hydroxylation is 3. The van der Waals surface area contributed by atoms with Crippen LogP contribution in [0.15, 0.2) is 36.7 Å². The number of nitrogens with one attached hydrogen (secondary N) is 1. The second-order valence-corrected chi connectivity index (χ2v) is 7.12. The third-order valence-corrected chi connectivity index (χ3v) is 5.09. The van der Waals surface area contributed by atoms with E-state index < -0.39 is 5.82 Å². The molecule has 9 heteroatoms. The fourth-order valence-electron chi connectivity index (χ4n) is 3.73. The molecule has 1 unspecified atom stereocenters. The van der Waals surface area contributed by atoms with E-state index in [1.807, 2.05) is 37.7 Å². The normalized spacial score (nSPS) is 16.6. The van der Waals surface area contributed by atoms with E-state index in [9.17, 15) is 9.18 Å². The largest absolute Gasteiger partial charge is 0.336 e. The number of carbonyl (C=O) groups excluding carboxylic acids is 1. The number of halogens is 2. The lowest BCUT2D eigenvalue weighted by Crippen LogP contribution is -2.49. The van der Waals surface area contributed by atoms with E-state index in [1.165, 1.54) is 6.07 Å². The Morgan fingerprint density at radius 1 is 1.28 bits per heavy atom. The van der Waals surface area contributed by atoms with Gasteiger partial charge in [0.25, 0.3) is 5.91 Å². The van der Waals surface area contributed by atoms with Crippen molar-refractivity contribution in [2.75, 3.05) is 19.6 Å². The summed E-state index contributed by atoms with van der Waals surface area (Å²) in [5, 5.41) is 7.63. The number of hydrogen-bond donors (Lipinski definition) is 1. The summed E-state index contributed by atoms with van der Waals surface area (Å²) in [6.07, 6.45) is 3.57. The van der Waals surface area contributed by atoms with E-state index in [2.05, 4.69) is 15.4 Å². The van der Waals surface area contributed by atoms with Gasteiger partial charge in [-0.05, 0) is 38.1 Å². The molecule has 154 valence electrons. The highest BCUT2D eigenvalue weighted by atomic mass is 35.5. The number of hydrogen-bond acceptors (Lipinski definition) is 4. The third kappa shape index (κ3) is 3.90. The number of nitrogens with zero attached hydrogens (tertiary/aromatic N) is 5. The fraction of sp³-hybridized carbons (Fsp3) is 0.350. The monoisotopic (exact) mass is 418 g/mol. The first-order valence-electron chi connectivity index (χ1n) is 9.28. The maximum atomic E-state index is 14.8. The molecule has 0 saturated carbocycles. The molecule has 29 heavy (non-hydrogen) atoms. The van der Waals surface area contributed by atoms with Crippen molar-refractivity contribution in [3.05, 3.63) is 65.3 Å². The van der Waals surface area contributed by atoms with Gasteiger partial charge in [0.05, 0.1) is 5.69 Å². The molecule has 1 aliphatic rings. The molecule has 7 nitrogen and oxygen atoms in total. The van der Waals surface area contributed by atoms with Crippen LogP contribution in [0.25, 0.3) is 5.69 Å². The van der Waals surface area contributed by atoms with Crippen LogP contribution in [-0.4, -0.2) is 49.8 Å². The van der Waals surface area contributed by atoms with Crippen molar-refractivity contribution in [2.45, 2.75) is 19.9 Å². The van der Waals surface area contributed by atoms with Crippen LogP contribution in [-0.2, 0) is 7.05 Å². The van der Waals surface area contributed by atoms with Crippen molar-refractivity contribution >= 4 is 18.3 Å². The summed E-state index contributed by atoms with van der Waals surface area (Å²) in [5.74, 6) is 0.134. The minimum absolute atomic E-state index is 0. The molecule has 0 spiro atoms. The summed E-state index contributed by atoms with van der Waals surface area (Å²) < 4.78 is 18.3. The van der Waals surface area contributed by atoms with Gasteiger partial charge in [0.2, 0.25) is 0 Å². The molecular formula is C20H24ClFN6O. The summed E-state index contributed by atoms with van der Waals surface area (Å²) in [6, 6.07) is 6.26. The molecule has 1 aliphatic heterocycles. The third-order valence-electron chi connectivity index (χ3n) is 5.09. The van der Waals surface area contributed by atoms with Crippen LogP contribution in [0.3, 0.4) is 0 Å². The van der Waals surface area contributed by atoms with Gasteiger partial charge in [-0.1, -0.05) is 0 Å². The van der Waals surface area contributed by atoms with Crippen LogP contribution in [0.1, 0.15) is 33.6 Å². The topological polar surface area (TPSA) is 68.0 Å². The number of rotatable bonds is 3. The first kappa shape index (κ1) is 21.0. The van der Waals surface area contributed by atoms with Gasteiger partial charge >= 0.3 is 0 Å². The summed E-state index contributed by atoms with van der Waals surface area (Å²) >= 11 is 0. The number of piperazine rings is 1. The molecule has 3 heterocycles. The van der Waals surface area contributed by atoms with Crippen molar-refractivity contribution in [3.63, 3.8) is 0 Å². The number of carbonyl (C=O) groups is 1. The molecule has 0 bridgehead atoms. The highest BCUT2D eigenvalue weighted by Crippen LogP contribution is 2.24. The lowest BCUT2D eigenvalue weighted by molar-refractivity contribution is 0.0620. The Labute approximate surface area is 174 Å². The summed E-state index contributed by atoms with van der Waals surface area (Å²) in [7, 11) is 1.91. The Bertz CT molecular complexity index is 1030. The average molecular weight is 419 g/mol. The van der Waals surface area contributed by atoms with Gasteiger partial charge in [-0.15, -0.1) is 12.4 Å². The molecule has 2 aromatic heterocycles. The van der Waals surface area contributed by atoms with Gasteiger partial charge in [-0.3, -0.25) is 4.79 Å². The Balaban J connectivity index is 0.00000240. The summed E-state index contributed by atoms with van der Waals surface area (Å²) in [5.41, 5.74) is 2.32. The molecule has 1 saturated heterocycles. The molecule has 0 radical (unpaired) electrons. The van der Waals surface area contributed by atoms with Crippen LogP contribution in [0.4, 0.5) is 4.39 Å². The maximum absolute atomic E-state index is 14.8. The fourth-order valence-corrected chi connectivity index (χ4v) is 3.73. The Hall–Kier alpha value is -2.71. The molecule has 1 atom stereocenters. The van der Waals surface area contributed by atoms with E-state index in [0.717, 1.165) is 17.2 Å². The number of aromatic nitrogens is 4. The minimum atomic E-state index is -0.472. The SMILES string of the molecule is Cc1cc(C)n(-c2ccc(C(=O)N3CCNCC3c3nccn3C)cc2F)n1.Cl. The Morgan fingerprint density at radius 2 is 2.07 bits per heavy atom.